The molecule has 0 fully saturated rings. The van der Waals surface area contributed by atoms with Gasteiger partial charge in [0.1, 0.15) is 6.10 Å². The van der Waals surface area contributed by atoms with Crippen molar-refractivity contribution >= 4 is 11.7 Å². The molecule has 5 heteroatoms. The third kappa shape index (κ3) is 2.91. The number of ether oxygens (including phenoxy) is 1. The maximum atomic E-state index is 10.8. The Morgan fingerprint density at radius 3 is 2.44 bits per heavy atom. The van der Waals surface area contributed by atoms with Crippen LogP contribution in [-0.4, -0.2) is 10.9 Å². The molecular formula is C11H11NO4. The number of hydrogen-bond donors (Lipinski definition) is 0. The van der Waals surface area contributed by atoms with Crippen molar-refractivity contribution in [2.24, 2.45) is 0 Å². The highest BCUT2D eigenvalue weighted by atomic mass is 16.6. The number of nitro benzene ring substituents is 1. The van der Waals surface area contributed by atoms with Crippen LogP contribution >= 0.6 is 0 Å². The van der Waals surface area contributed by atoms with Crippen molar-refractivity contribution in [2.75, 3.05) is 0 Å². The highest BCUT2D eigenvalue weighted by Gasteiger charge is 2.12. The van der Waals surface area contributed by atoms with Crippen molar-refractivity contribution in [3.8, 4) is 0 Å². The lowest BCUT2D eigenvalue weighted by molar-refractivity contribution is -0.384. The largest absolute Gasteiger partial charge is 0.453 e. The van der Waals surface area contributed by atoms with Crippen LogP contribution in [0.1, 0.15) is 18.6 Å². The summed E-state index contributed by atoms with van der Waals surface area (Å²) in [5, 5.41) is 10.4. The molecule has 1 rings (SSSR count). The number of carbonyl (C=O) groups excluding carboxylic acids is 1. The van der Waals surface area contributed by atoms with E-state index in [1.807, 2.05) is 0 Å². The maximum absolute atomic E-state index is 10.8. The summed E-state index contributed by atoms with van der Waals surface area (Å²) in [5.41, 5.74) is 0.644. The first-order valence-corrected chi connectivity index (χ1v) is 4.58. The number of nitrogens with zero attached hydrogens (tertiary/aromatic N) is 1. The molecule has 5 nitrogen and oxygen atoms in total. The van der Waals surface area contributed by atoms with Crippen LogP contribution in [-0.2, 0) is 9.53 Å². The van der Waals surface area contributed by atoms with E-state index in [9.17, 15) is 14.9 Å². The van der Waals surface area contributed by atoms with E-state index in [-0.39, 0.29) is 5.69 Å². The van der Waals surface area contributed by atoms with E-state index in [1.165, 1.54) is 37.3 Å². The minimum atomic E-state index is -0.571. The Morgan fingerprint density at radius 2 is 2.06 bits per heavy atom. The first kappa shape index (κ1) is 11.9. The SMILES string of the molecule is C=C[C@H](OC(C)=O)c1ccc([N+](=O)[O-])cc1. The molecule has 0 saturated carbocycles. The monoisotopic (exact) mass is 221 g/mol. The van der Waals surface area contributed by atoms with Gasteiger partial charge in [-0.1, -0.05) is 6.58 Å². The van der Waals surface area contributed by atoms with E-state index < -0.39 is 17.0 Å². The normalized spacial score (nSPS) is 11.6. The molecule has 1 aromatic rings. The second-order valence-electron chi connectivity index (χ2n) is 3.11. The highest BCUT2D eigenvalue weighted by molar-refractivity contribution is 5.66. The topological polar surface area (TPSA) is 69.4 Å². The minimum absolute atomic E-state index is 0.00520. The zero-order chi connectivity index (χ0) is 12.1. The van der Waals surface area contributed by atoms with E-state index in [2.05, 4.69) is 6.58 Å². The van der Waals surface area contributed by atoms with Gasteiger partial charge in [0, 0.05) is 19.1 Å². The third-order valence-corrected chi connectivity index (χ3v) is 1.94. The van der Waals surface area contributed by atoms with Gasteiger partial charge in [0.15, 0.2) is 0 Å². The van der Waals surface area contributed by atoms with Gasteiger partial charge in [-0.05, 0) is 23.8 Å². The van der Waals surface area contributed by atoms with Crippen LogP contribution in [0.4, 0.5) is 5.69 Å². The van der Waals surface area contributed by atoms with Crippen molar-refractivity contribution in [3.63, 3.8) is 0 Å². The van der Waals surface area contributed by atoms with E-state index in [0.717, 1.165) is 0 Å². The van der Waals surface area contributed by atoms with E-state index in [4.69, 9.17) is 4.74 Å². The molecule has 0 unspecified atom stereocenters. The van der Waals surface area contributed by atoms with Crippen molar-refractivity contribution in [2.45, 2.75) is 13.0 Å². The summed E-state index contributed by atoms with van der Waals surface area (Å²) in [7, 11) is 0. The zero-order valence-corrected chi connectivity index (χ0v) is 8.75. The van der Waals surface area contributed by atoms with Crippen molar-refractivity contribution < 1.29 is 14.5 Å². The van der Waals surface area contributed by atoms with Gasteiger partial charge in [-0.3, -0.25) is 14.9 Å². The molecule has 0 saturated heterocycles. The summed E-state index contributed by atoms with van der Waals surface area (Å²) in [6.07, 6.45) is 0.890. The van der Waals surface area contributed by atoms with E-state index >= 15 is 0 Å². The highest BCUT2D eigenvalue weighted by Crippen LogP contribution is 2.21. The molecular weight excluding hydrogens is 210 g/mol. The van der Waals surface area contributed by atoms with Gasteiger partial charge < -0.3 is 4.74 Å². The lowest BCUT2D eigenvalue weighted by Gasteiger charge is -2.12. The van der Waals surface area contributed by atoms with Crippen LogP contribution in [0.15, 0.2) is 36.9 Å². The fraction of sp³-hybridized carbons (Fsp3) is 0.182. The molecule has 0 spiro atoms. The molecule has 0 aliphatic carbocycles. The van der Waals surface area contributed by atoms with Gasteiger partial charge in [-0.2, -0.15) is 0 Å². The van der Waals surface area contributed by atoms with Crippen LogP contribution in [0.25, 0.3) is 0 Å². The third-order valence-electron chi connectivity index (χ3n) is 1.94. The quantitative estimate of drug-likeness (QED) is 0.339. The molecule has 0 aliphatic rings. The average molecular weight is 221 g/mol. The molecule has 1 aromatic carbocycles. The van der Waals surface area contributed by atoms with Crippen molar-refractivity contribution in [1.82, 2.24) is 0 Å². The maximum Gasteiger partial charge on any atom is 0.303 e. The number of rotatable bonds is 4. The summed E-state index contributed by atoms with van der Waals surface area (Å²) in [6.45, 7) is 4.83. The summed E-state index contributed by atoms with van der Waals surface area (Å²) >= 11 is 0. The van der Waals surface area contributed by atoms with Crippen LogP contribution < -0.4 is 0 Å². The molecule has 0 amide bonds. The molecule has 0 N–H and O–H groups in total. The van der Waals surface area contributed by atoms with Crippen LogP contribution in [0, 0.1) is 10.1 Å². The fourth-order valence-corrected chi connectivity index (χ4v) is 1.22. The van der Waals surface area contributed by atoms with Crippen LogP contribution in [0.5, 0.6) is 0 Å². The van der Waals surface area contributed by atoms with Gasteiger partial charge in [0.25, 0.3) is 5.69 Å². The summed E-state index contributed by atoms with van der Waals surface area (Å²) in [4.78, 5) is 20.7. The second-order valence-corrected chi connectivity index (χ2v) is 3.11. The van der Waals surface area contributed by atoms with Crippen LogP contribution in [0.2, 0.25) is 0 Å². The predicted molar refractivity (Wildman–Crippen MR) is 57.8 cm³/mol. The van der Waals surface area contributed by atoms with E-state index in [1.54, 1.807) is 0 Å². The lowest BCUT2D eigenvalue weighted by atomic mass is 10.1. The molecule has 1 atom stereocenters. The zero-order valence-electron chi connectivity index (χ0n) is 8.75. The number of nitro groups is 1. The fourth-order valence-electron chi connectivity index (χ4n) is 1.22. The number of non-ortho nitro benzene ring substituents is 1. The number of esters is 1. The number of benzene rings is 1. The average Bonchev–Trinajstić information content (AvgIpc) is 2.25. The summed E-state index contributed by atoms with van der Waals surface area (Å²) < 4.78 is 4.96. The summed E-state index contributed by atoms with van der Waals surface area (Å²) in [5.74, 6) is -0.428. The molecule has 84 valence electrons. The predicted octanol–water partition coefficient (Wildman–Crippen LogP) is 2.39. The Morgan fingerprint density at radius 1 is 1.50 bits per heavy atom. The molecule has 0 bridgehead atoms. The Kier molecular flexibility index (Phi) is 3.77. The van der Waals surface area contributed by atoms with Gasteiger partial charge in [0.2, 0.25) is 0 Å². The lowest BCUT2D eigenvalue weighted by Crippen LogP contribution is -2.05. The van der Waals surface area contributed by atoms with Gasteiger partial charge in [0.05, 0.1) is 4.92 Å². The van der Waals surface area contributed by atoms with Gasteiger partial charge in [-0.15, -0.1) is 0 Å². The first-order valence-electron chi connectivity index (χ1n) is 4.58. The molecule has 0 aliphatic heterocycles. The Labute approximate surface area is 92.5 Å². The van der Waals surface area contributed by atoms with Gasteiger partial charge in [-0.25, -0.2) is 0 Å². The van der Waals surface area contributed by atoms with E-state index in [0.29, 0.717) is 5.56 Å². The first-order chi connectivity index (χ1) is 7.54. The smallest absolute Gasteiger partial charge is 0.303 e. The molecule has 0 aromatic heterocycles. The summed E-state index contributed by atoms with van der Waals surface area (Å²) in [6, 6.07) is 5.78. The minimum Gasteiger partial charge on any atom is -0.453 e. The van der Waals surface area contributed by atoms with Crippen molar-refractivity contribution in [3.05, 3.63) is 52.6 Å². The Balaban J connectivity index is 2.90. The Hall–Kier alpha value is -2.17. The van der Waals surface area contributed by atoms with Crippen molar-refractivity contribution in [1.29, 1.82) is 0 Å². The molecule has 0 radical (unpaired) electrons. The molecule has 0 heterocycles. The standard InChI is InChI=1S/C11H11NO4/c1-3-11(16-8(2)13)9-4-6-10(7-5-9)12(14)15/h3-7,11H,1H2,2H3/t11-/m0/s1. The van der Waals surface area contributed by atoms with Gasteiger partial charge >= 0.3 is 5.97 Å². The number of carbonyl (C=O) groups is 1. The van der Waals surface area contributed by atoms with Crippen LogP contribution in [0.3, 0.4) is 0 Å². The molecule has 16 heavy (non-hydrogen) atoms. The Bertz CT molecular complexity index is 410. The second kappa shape index (κ2) is 5.06. The number of hydrogen-bond acceptors (Lipinski definition) is 4.